The van der Waals surface area contributed by atoms with Crippen LogP contribution in [-0.2, 0) is 11.3 Å². The topological polar surface area (TPSA) is 111 Å². The molecular weight excluding hydrogens is 467 g/mol. The molecule has 1 heterocycles. The van der Waals surface area contributed by atoms with Crippen molar-refractivity contribution in [3.05, 3.63) is 83.4 Å². The summed E-state index contributed by atoms with van der Waals surface area (Å²) in [5.74, 6) is -2.30. The molecule has 1 aliphatic rings. The third-order valence-corrected chi connectivity index (χ3v) is 4.99. The maximum atomic E-state index is 12.5. The predicted molar refractivity (Wildman–Crippen MR) is 121 cm³/mol. The van der Waals surface area contributed by atoms with Crippen LogP contribution in [0.1, 0.15) is 28.4 Å². The first kappa shape index (κ1) is 25.8. The molecule has 2 atom stereocenters. The summed E-state index contributed by atoms with van der Waals surface area (Å²) in [5.41, 5.74) is 5.70. The van der Waals surface area contributed by atoms with E-state index in [1.165, 1.54) is 24.3 Å². The Labute approximate surface area is 199 Å². The maximum absolute atomic E-state index is 12.5. The normalized spacial score (nSPS) is 16.8. The van der Waals surface area contributed by atoms with Gasteiger partial charge in [-0.1, -0.05) is 24.3 Å². The molecule has 3 rings (SSSR count). The Morgan fingerprint density at radius 3 is 2.57 bits per heavy atom. The zero-order valence-corrected chi connectivity index (χ0v) is 18.6. The van der Waals surface area contributed by atoms with Crippen LogP contribution in [0.15, 0.2) is 66.8 Å². The summed E-state index contributed by atoms with van der Waals surface area (Å²) in [4.78, 5) is 23.1. The Morgan fingerprint density at radius 1 is 1.23 bits per heavy atom. The zero-order valence-electron chi connectivity index (χ0n) is 18.6. The van der Waals surface area contributed by atoms with E-state index in [0.717, 1.165) is 11.3 Å². The molecule has 0 saturated heterocycles. The smallest absolute Gasteiger partial charge is 0.479 e. The molecular formula is C24H24F3N3O5. The number of aliphatic hydroxyl groups is 1. The number of hydrogen-bond donors (Lipinski definition) is 4. The number of amides is 1. The first-order chi connectivity index (χ1) is 16.6. The van der Waals surface area contributed by atoms with E-state index in [2.05, 4.69) is 15.5 Å². The second kappa shape index (κ2) is 11.1. The van der Waals surface area contributed by atoms with E-state index < -0.39 is 30.9 Å². The van der Waals surface area contributed by atoms with Crippen LogP contribution in [0.4, 0.5) is 13.2 Å². The van der Waals surface area contributed by atoms with E-state index >= 15 is 0 Å². The number of nitrogens with one attached hydrogen (secondary N) is 2. The highest BCUT2D eigenvalue weighted by molar-refractivity contribution is 5.94. The largest absolute Gasteiger partial charge is 0.573 e. The van der Waals surface area contributed by atoms with Crippen LogP contribution in [0.25, 0.3) is 5.70 Å². The van der Waals surface area contributed by atoms with E-state index in [1.54, 1.807) is 24.3 Å². The van der Waals surface area contributed by atoms with Crippen LogP contribution in [0, 0.1) is 0 Å². The van der Waals surface area contributed by atoms with Crippen LogP contribution in [0.5, 0.6) is 5.75 Å². The molecule has 0 radical (unpaired) electrons. The Hall–Kier alpha value is -3.83. The fraction of sp³-hybridized carbons (Fsp3) is 0.250. The van der Waals surface area contributed by atoms with Crippen molar-refractivity contribution in [3.63, 3.8) is 0 Å². The number of allylic oxidation sites excluding steroid dienone is 1. The number of carboxylic acid groups (broad SMARTS) is 1. The molecule has 4 N–H and O–H groups in total. The van der Waals surface area contributed by atoms with Crippen molar-refractivity contribution in [2.75, 3.05) is 6.54 Å². The molecule has 2 unspecified atom stereocenters. The van der Waals surface area contributed by atoms with Crippen LogP contribution >= 0.6 is 0 Å². The van der Waals surface area contributed by atoms with Crippen LogP contribution < -0.4 is 15.5 Å². The number of hydrazine groups is 1. The highest BCUT2D eigenvalue weighted by Crippen LogP contribution is 2.29. The minimum Gasteiger partial charge on any atom is -0.479 e. The third-order valence-electron chi connectivity index (χ3n) is 4.99. The third kappa shape index (κ3) is 7.33. The Bertz CT molecular complexity index is 1120. The summed E-state index contributed by atoms with van der Waals surface area (Å²) >= 11 is 0. The first-order valence-electron chi connectivity index (χ1n) is 10.6. The molecule has 2 aromatic rings. The number of nitrogens with zero attached hydrogens (tertiary/aromatic N) is 1. The predicted octanol–water partition coefficient (Wildman–Crippen LogP) is 3.07. The van der Waals surface area contributed by atoms with Gasteiger partial charge in [-0.15, -0.1) is 13.2 Å². The minimum atomic E-state index is -4.78. The average Bonchev–Trinajstić information content (AvgIpc) is 3.19. The molecule has 0 saturated carbocycles. The minimum absolute atomic E-state index is 0.148. The number of aliphatic hydroxyl groups excluding tert-OH is 1. The van der Waals surface area contributed by atoms with Crippen LogP contribution in [-0.4, -0.2) is 52.2 Å². The molecule has 0 spiro atoms. The summed E-state index contributed by atoms with van der Waals surface area (Å²) in [6, 6.07) is 12.0. The zero-order chi connectivity index (χ0) is 25.6. The number of carbonyl (C=O) groups excluding carboxylic acids is 1. The van der Waals surface area contributed by atoms with Gasteiger partial charge in [0.1, 0.15) is 5.75 Å². The van der Waals surface area contributed by atoms with Gasteiger partial charge in [0.05, 0.1) is 24.8 Å². The number of carbonyl (C=O) groups is 2. The molecule has 35 heavy (non-hydrogen) atoms. The molecule has 11 heteroatoms. The molecule has 0 aromatic heterocycles. The summed E-state index contributed by atoms with van der Waals surface area (Å²) in [5, 5.41) is 22.3. The van der Waals surface area contributed by atoms with Gasteiger partial charge in [-0.05, 0) is 60.5 Å². The van der Waals surface area contributed by atoms with Crippen molar-refractivity contribution < 1.29 is 37.7 Å². The summed E-state index contributed by atoms with van der Waals surface area (Å²) < 4.78 is 41.3. The van der Waals surface area contributed by atoms with Gasteiger partial charge >= 0.3 is 12.3 Å². The van der Waals surface area contributed by atoms with Gasteiger partial charge in [-0.25, -0.2) is 10.2 Å². The number of carboxylic acids is 1. The van der Waals surface area contributed by atoms with Gasteiger partial charge in [0.2, 0.25) is 0 Å². The van der Waals surface area contributed by atoms with Crippen molar-refractivity contribution in [1.82, 2.24) is 15.8 Å². The molecule has 0 fully saturated rings. The fourth-order valence-electron chi connectivity index (χ4n) is 3.44. The molecule has 2 aromatic carbocycles. The SMILES string of the molecule is C/C=C/C1C=C(c2ccc(OC(F)(F)F)cc2)N(Cc2cccc(C(=O)NCC(O)C(=O)O)c2)N1. The lowest BCUT2D eigenvalue weighted by molar-refractivity contribution is -0.274. The Balaban J connectivity index is 1.76. The number of ether oxygens (including phenoxy) is 1. The van der Waals surface area contributed by atoms with E-state index in [1.807, 2.05) is 30.2 Å². The Morgan fingerprint density at radius 2 is 1.94 bits per heavy atom. The van der Waals surface area contributed by atoms with Crippen LogP contribution in [0.2, 0.25) is 0 Å². The second-order valence-electron chi connectivity index (χ2n) is 7.66. The monoisotopic (exact) mass is 491 g/mol. The van der Waals surface area contributed by atoms with E-state index in [0.29, 0.717) is 12.1 Å². The van der Waals surface area contributed by atoms with Crippen molar-refractivity contribution in [2.24, 2.45) is 0 Å². The highest BCUT2D eigenvalue weighted by atomic mass is 19.4. The van der Waals surface area contributed by atoms with Gasteiger partial charge in [-0.3, -0.25) is 4.79 Å². The quantitative estimate of drug-likeness (QED) is 0.399. The lowest BCUT2D eigenvalue weighted by Gasteiger charge is -2.24. The maximum Gasteiger partial charge on any atom is 0.573 e. The van der Waals surface area contributed by atoms with Crippen LogP contribution in [0.3, 0.4) is 0 Å². The summed E-state index contributed by atoms with van der Waals surface area (Å²) in [7, 11) is 0. The van der Waals surface area contributed by atoms with Crippen molar-refractivity contribution in [1.29, 1.82) is 0 Å². The molecule has 8 nitrogen and oxygen atoms in total. The van der Waals surface area contributed by atoms with Crippen molar-refractivity contribution in [2.45, 2.75) is 32.0 Å². The number of aliphatic carboxylic acids is 1. The molecule has 1 aliphatic heterocycles. The fourth-order valence-corrected chi connectivity index (χ4v) is 3.44. The van der Waals surface area contributed by atoms with Gasteiger partial charge in [0, 0.05) is 5.56 Å². The highest BCUT2D eigenvalue weighted by Gasteiger charge is 2.31. The first-order valence-corrected chi connectivity index (χ1v) is 10.6. The number of rotatable bonds is 9. The summed E-state index contributed by atoms with van der Waals surface area (Å²) in [6.07, 6.45) is -0.782. The summed E-state index contributed by atoms with van der Waals surface area (Å²) in [6.45, 7) is 1.75. The van der Waals surface area contributed by atoms with E-state index in [9.17, 15) is 27.9 Å². The number of alkyl halides is 3. The Kier molecular flexibility index (Phi) is 8.15. The number of halogens is 3. The van der Waals surface area contributed by atoms with E-state index in [4.69, 9.17) is 5.11 Å². The lowest BCUT2D eigenvalue weighted by atomic mass is 10.1. The van der Waals surface area contributed by atoms with Gasteiger partial charge in [-0.2, -0.15) is 0 Å². The van der Waals surface area contributed by atoms with Crippen molar-refractivity contribution >= 4 is 17.6 Å². The molecule has 1 amide bonds. The molecule has 0 aliphatic carbocycles. The van der Waals surface area contributed by atoms with Gasteiger partial charge < -0.3 is 25.3 Å². The van der Waals surface area contributed by atoms with Gasteiger partial charge in [0.25, 0.3) is 5.91 Å². The molecule has 186 valence electrons. The standard InChI is InChI=1S/C24H24F3N3O5/c1-2-4-18-12-20(16-7-9-19(10-8-16)35-24(25,26)27)30(29-18)14-15-5-3-6-17(11-15)22(32)28-13-21(31)23(33)34/h2-12,18,21,29,31H,13-14H2,1H3,(H,28,32)(H,33,34)/b4-2+. The average molecular weight is 491 g/mol. The number of benzene rings is 2. The molecule has 0 bridgehead atoms. The van der Waals surface area contributed by atoms with E-state index in [-0.39, 0.29) is 17.4 Å². The van der Waals surface area contributed by atoms with Gasteiger partial charge in [0.15, 0.2) is 6.10 Å². The second-order valence-corrected chi connectivity index (χ2v) is 7.66. The van der Waals surface area contributed by atoms with Crippen molar-refractivity contribution in [3.8, 4) is 5.75 Å². The lowest BCUT2D eigenvalue weighted by Crippen LogP contribution is -2.37. The number of hydrogen-bond acceptors (Lipinski definition) is 6.